The monoisotopic (exact) mass is 243 g/mol. The van der Waals surface area contributed by atoms with Gasteiger partial charge in [0.25, 0.3) is 0 Å². The molecular formula is C16H21NO. The Morgan fingerprint density at radius 3 is 2.39 bits per heavy atom. The van der Waals surface area contributed by atoms with E-state index in [2.05, 4.69) is 43.4 Å². The molecule has 1 aromatic carbocycles. The fourth-order valence-corrected chi connectivity index (χ4v) is 3.20. The molecule has 2 nitrogen and oxygen atoms in total. The summed E-state index contributed by atoms with van der Waals surface area (Å²) in [7, 11) is 0. The smallest absolute Gasteiger partial charge is 0.223 e. The number of nitrogens with one attached hydrogen (secondary N) is 1. The highest BCUT2D eigenvalue weighted by Crippen LogP contribution is 2.54. The molecule has 96 valence electrons. The molecule has 0 spiro atoms. The summed E-state index contributed by atoms with van der Waals surface area (Å²) in [6, 6.07) is 8.53. The van der Waals surface area contributed by atoms with E-state index in [-0.39, 0.29) is 17.9 Å². The molecule has 2 fully saturated rings. The lowest BCUT2D eigenvalue weighted by molar-refractivity contribution is -0.125. The second-order valence-electron chi connectivity index (χ2n) is 6.07. The lowest BCUT2D eigenvalue weighted by atomic mass is 10.0. The highest BCUT2D eigenvalue weighted by Gasteiger charge is 2.48. The number of hydrogen-bond donors (Lipinski definition) is 1. The molecule has 2 aliphatic rings. The van der Waals surface area contributed by atoms with Gasteiger partial charge in [-0.3, -0.25) is 4.79 Å². The standard InChI is InChI=1S/C16H21NO/c1-10-3-5-12(6-4-10)11(2)17-16(18)15-8-13-7-14(13)9-15/h3-6,11,13-15H,7-9H2,1-2H3,(H,17,18)/t11-,13?,14?,15?/m0/s1. The molecular weight excluding hydrogens is 222 g/mol. The van der Waals surface area contributed by atoms with Crippen LogP contribution < -0.4 is 5.32 Å². The molecule has 2 unspecified atom stereocenters. The largest absolute Gasteiger partial charge is 0.349 e. The molecule has 0 bridgehead atoms. The van der Waals surface area contributed by atoms with Crippen LogP contribution in [0.4, 0.5) is 0 Å². The molecule has 18 heavy (non-hydrogen) atoms. The van der Waals surface area contributed by atoms with Gasteiger partial charge in [-0.05, 0) is 50.5 Å². The van der Waals surface area contributed by atoms with Crippen molar-refractivity contribution in [3.63, 3.8) is 0 Å². The first-order chi connectivity index (χ1) is 8.63. The first-order valence-corrected chi connectivity index (χ1v) is 7.00. The first-order valence-electron chi connectivity index (χ1n) is 7.00. The molecule has 0 aromatic heterocycles. The fraction of sp³-hybridized carbons (Fsp3) is 0.562. The zero-order valence-electron chi connectivity index (χ0n) is 11.1. The average Bonchev–Trinajstić information content (AvgIpc) is 2.96. The number of benzene rings is 1. The van der Waals surface area contributed by atoms with Crippen LogP contribution in [-0.4, -0.2) is 5.91 Å². The SMILES string of the molecule is Cc1ccc([C@H](C)NC(=O)C2CC3CC3C2)cc1. The highest BCUT2D eigenvalue weighted by molar-refractivity contribution is 5.79. The Kier molecular flexibility index (Phi) is 2.89. The van der Waals surface area contributed by atoms with Gasteiger partial charge in [-0.2, -0.15) is 0 Å². The minimum Gasteiger partial charge on any atom is -0.349 e. The van der Waals surface area contributed by atoms with Crippen molar-refractivity contribution < 1.29 is 4.79 Å². The van der Waals surface area contributed by atoms with E-state index in [9.17, 15) is 4.79 Å². The van der Waals surface area contributed by atoms with E-state index < -0.39 is 0 Å². The number of aryl methyl sites for hydroxylation is 1. The van der Waals surface area contributed by atoms with Gasteiger partial charge < -0.3 is 5.32 Å². The second kappa shape index (κ2) is 4.42. The molecule has 0 saturated heterocycles. The number of amides is 1. The predicted molar refractivity (Wildman–Crippen MR) is 72.1 cm³/mol. The van der Waals surface area contributed by atoms with E-state index in [4.69, 9.17) is 0 Å². The second-order valence-corrected chi connectivity index (χ2v) is 6.07. The van der Waals surface area contributed by atoms with Gasteiger partial charge in [0.1, 0.15) is 0 Å². The van der Waals surface area contributed by atoms with Crippen molar-refractivity contribution >= 4 is 5.91 Å². The molecule has 1 N–H and O–H groups in total. The van der Waals surface area contributed by atoms with Crippen LogP contribution in [0.25, 0.3) is 0 Å². The Morgan fingerprint density at radius 2 is 1.78 bits per heavy atom. The van der Waals surface area contributed by atoms with E-state index >= 15 is 0 Å². The van der Waals surface area contributed by atoms with Crippen LogP contribution in [0.3, 0.4) is 0 Å². The third-order valence-electron chi connectivity index (χ3n) is 4.55. The van der Waals surface area contributed by atoms with E-state index in [0.29, 0.717) is 0 Å². The van der Waals surface area contributed by atoms with Crippen molar-refractivity contribution in [2.75, 3.05) is 0 Å². The molecule has 0 heterocycles. The zero-order valence-corrected chi connectivity index (χ0v) is 11.1. The van der Waals surface area contributed by atoms with Crippen LogP contribution in [-0.2, 0) is 4.79 Å². The van der Waals surface area contributed by atoms with Crippen LogP contribution in [0.15, 0.2) is 24.3 Å². The van der Waals surface area contributed by atoms with Gasteiger partial charge in [-0.25, -0.2) is 0 Å². The zero-order chi connectivity index (χ0) is 12.7. The topological polar surface area (TPSA) is 29.1 Å². The lowest BCUT2D eigenvalue weighted by Gasteiger charge is -2.18. The maximum absolute atomic E-state index is 12.2. The van der Waals surface area contributed by atoms with Crippen molar-refractivity contribution in [1.29, 1.82) is 0 Å². The van der Waals surface area contributed by atoms with Crippen molar-refractivity contribution in [2.24, 2.45) is 17.8 Å². The van der Waals surface area contributed by atoms with Gasteiger partial charge >= 0.3 is 0 Å². The Bertz CT molecular complexity index is 441. The van der Waals surface area contributed by atoms with Crippen LogP contribution in [0, 0.1) is 24.7 Å². The van der Waals surface area contributed by atoms with E-state index in [1.165, 1.54) is 17.5 Å². The minimum atomic E-state index is 0.120. The summed E-state index contributed by atoms with van der Waals surface area (Å²) in [4.78, 5) is 12.2. The lowest BCUT2D eigenvalue weighted by Crippen LogP contribution is -2.32. The van der Waals surface area contributed by atoms with Gasteiger partial charge in [-0.1, -0.05) is 29.8 Å². The molecule has 1 amide bonds. The van der Waals surface area contributed by atoms with Crippen LogP contribution in [0.5, 0.6) is 0 Å². The van der Waals surface area contributed by atoms with Crippen LogP contribution >= 0.6 is 0 Å². The highest BCUT2D eigenvalue weighted by atomic mass is 16.1. The summed E-state index contributed by atoms with van der Waals surface area (Å²) in [5, 5.41) is 3.16. The summed E-state index contributed by atoms with van der Waals surface area (Å²) in [6.07, 6.45) is 3.62. The van der Waals surface area contributed by atoms with Crippen LogP contribution in [0.2, 0.25) is 0 Å². The fourth-order valence-electron chi connectivity index (χ4n) is 3.20. The summed E-state index contributed by atoms with van der Waals surface area (Å²) in [6.45, 7) is 4.15. The quantitative estimate of drug-likeness (QED) is 0.867. The number of carbonyl (C=O) groups excluding carboxylic acids is 1. The first kappa shape index (κ1) is 11.8. The van der Waals surface area contributed by atoms with Gasteiger partial charge in [0.05, 0.1) is 6.04 Å². The van der Waals surface area contributed by atoms with E-state index in [0.717, 1.165) is 24.7 Å². The molecule has 0 radical (unpaired) electrons. The summed E-state index contributed by atoms with van der Waals surface area (Å²) >= 11 is 0. The van der Waals surface area contributed by atoms with E-state index in [1.807, 2.05) is 0 Å². The van der Waals surface area contributed by atoms with Gasteiger partial charge in [0.15, 0.2) is 0 Å². The molecule has 1 aromatic rings. The average molecular weight is 243 g/mol. The Labute approximate surface area is 109 Å². The molecule has 3 atom stereocenters. The molecule has 0 aliphatic heterocycles. The van der Waals surface area contributed by atoms with Crippen molar-refractivity contribution in [3.8, 4) is 0 Å². The third kappa shape index (κ3) is 2.29. The van der Waals surface area contributed by atoms with Crippen molar-refractivity contribution in [2.45, 2.75) is 39.2 Å². The number of carbonyl (C=O) groups is 1. The summed E-state index contributed by atoms with van der Waals surface area (Å²) < 4.78 is 0. The van der Waals surface area contributed by atoms with E-state index in [1.54, 1.807) is 0 Å². The third-order valence-corrected chi connectivity index (χ3v) is 4.55. The normalized spacial score (nSPS) is 30.7. The number of hydrogen-bond acceptors (Lipinski definition) is 1. The molecule has 2 aliphatic carbocycles. The van der Waals surface area contributed by atoms with Crippen LogP contribution in [0.1, 0.15) is 43.4 Å². The number of rotatable bonds is 3. The maximum atomic E-state index is 12.2. The molecule has 3 rings (SSSR count). The van der Waals surface area contributed by atoms with Gasteiger partial charge in [0.2, 0.25) is 5.91 Å². The Balaban J connectivity index is 1.58. The minimum absolute atomic E-state index is 0.120. The van der Waals surface area contributed by atoms with Gasteiger partial charge in [-0.15, -0.1) is 0 Å². The predicted octanol–water partition coefficient (Wildman–Crippen LogP) is 3.22. The molecule has 2 heteroatoms. The van der Waals surface area contributed by atoms with Gasteiger partial charge in [0, 0.05) is 5.92 Å². The Hall–Kier alpha value is -1.31. The summed E-state index contributed by atoms with van der Waals surface area (Å²) in [5.41, 5.74) is 2.45. The molecule has 2 saturated carbocycles. The number of fused-ring (bicyclic) bond motifs is 1. The van der Waals surface area contributed by atoms with Crippen molar-refractivity contribution in [1.82, 2.24) is 5.32 Å². The summed E-state index contributed by atoms with van der Waals surface area (Å²) in [5.74, 6) is 2.28. The maximum Gasteiger partial charge on any atom is 0.223 e. The Morgan fingerprint density at radius 1 is 1.17 bits per heavy atom. The van der Waals surface area contributed by atoms with Crippen molar-refractivity contribution in [3.05, 3.63) is 35.4 Å².